The number of amides is 3. The molecule has 0 bridgehead atoms. The van der Waals surface area contributed by atoms with Gasteiger partial charge in [0.15, 0.2) is 5.96 Å². The summed E-state index contributed by atoms with van der Waals surface area (Å²) in [6.07, 6.45) is 2.59. The second-order valence-electron chi connectivity index (χ2n) is 7.66. The molecule has 8 nitrogen and oxygen atoms in total. The summed E-state index contributed by atoms with van der Waals surface area (Å²) in [7, 11) is 3.48. The fourth-order valence-corrected chi connectivity index (χ4v) is 3.36. The fraction of sp³-hybridized carbons (Fsp3) is 0.571. The van der Waals surface area contributed by atoms with Crippen molar-refractivity contribution in [3.05, 3.63) is 29.8 Å². The Morgan fingerprint density at radius 2 is 1.83 bits per heavy atom. The fourth-order valence-electron chi connectivity index (χ4n) is 3.36. The normalized spacial score (nSPS) is 15.2. The standard InChI is InChI=1S/C21H34N6O2/c1-15(2)25-21(29)26-18-7-5-17(6-8-18)14-24-20(23-4)27-11-9-16(10-12-27)13-19(28)22-3/h5-8,15-16H,9-14H2,1-4H3,(H,22,28)(H,23,24)(H2,25,26,29). The molecule has 8 heteroatoms. The van der Waals surface area contributed by atoms with Gasteiger partial charge in [0, 0.05) is 51.9 Å². The number of nitrogens with one attached hydrogen (secondary N) is 4. The molecule has 160 valence electrons. The van der Waals surface area contributed by atoms with Crippen LogP contribution in [0.1, 0.15) is 38.7 Å². The molecule has 0 unspecified atom stereocenters. The van der Waals surface area contributed by atoms with Crippen LogP contribution in [0.3, 0.4) is 0 Å². The van der Waals surface area contributed by atoms with Crippen molar-refractivity contribution in [1.29, 1.82) is 0 Å². The van der Waals surface area contributed by atoms with Gasteiger partial charge in [-0.25, -0.2) is 4.79 Å². The van der Waals surface area contributed by atoms with Crippen LogP contribution in [0.25, 0.3) is 0 Å². The first-order valence-electron chi connectivity index (χ1n) is 10.2. The highest BCUT2D eigenvalue weighted by molar-refractivity contribution is 5.89. The van der Waals surface area contributed by atoms with Crippen LogP contribution in [0, 0.1) is 5.92 Å². The zero-order chi connectivity index (χ0) is 21.2. The first kappa shape index (κ1) is 22.5. The van der Waals surface area contributed by atoms with Crippen molar-refractivity contribution in [3.63, 3.8) is 0 Å². The minimum Gasteiger partial charge on any atom is -0.359 e. The van der Waals surface area contributed by atoms with Gasteiger partial charge in [-0.1, -0.05) is 12.1 Å². The van der Waals surface area contributed by atoms with Crippen LogP contribution in [-0.4, -0.2) is 56.0 Å². The van der Waals surface area contributed by atoms with Crippen LogP contribution >= 0.6 is 0 Å². The molecule has 0 saturated carbocycles. The molecule has 2 rings (SSSR count). The zero-order valence-corrected chi connectivity index (χ0v) is 17.9. The molecule has 0 spiro atoms. The molecule has 1 fully saturated rings. The minimum atomic E-state index is -0.203. The lowest BCUT2D eigenvalue weighted by Crippen LogP contribution is -2.45. The average molecular weight is 403 g/mol. The van der Waals surface area contributed by atoms with Crippen molar-refractivity contribution in [2.75, 3.05) is 32.5 Å². The third kappa shape index (κ3) is 7.63. The summed E-state index contributed by atoms with van der Waals surface area (Å²) < 4.78 is 0. The molecule has 29 heavy (non-hydrogen) atoms. The van der Waals surface area contributed by atoms with Crippen LogP contribution in [0.15, 0.2) is 29.3 Å². The molecule has 0 aliphatic carbocycles. The van der Waals surface area contributed by atoms with E-state index in [9.17, 15) is 9.59 Å². The molecule has 4 N–H and O–H groups in total. The van der Waals surface area contributed by atoms with E-state index >= 15 is 0 Å². The number of carbonyl (C=O) groups is 2. The number of urea groups is 1. The van der Waals surface area contributed by atoms with Crippen LogP contribution in [0.5, 0.6) is 0 Å². The van der Waals surface area contributed by atoms with Gasteiger partial charge in [-0.2, -0.15) is 0 Å². The molecule has 1 heterocycles. The molecule has 3 amide bonds. The number of guanidine groups is 1. The minimum absolute atomic E-state index is 0.0964. The Hall–Kier alpha value is -2.77. The Labute approximate surface area is 173 Å². The second-order valence-corrected chi connectivity index (χ2v) is 7.66. The number of benzene rings is 1. The van der Waals surface area contributed by atoms with E-state index in [1.165, 1.54) is 0 Å². The topological polar surface area (TPSA) is 97.9 Å². The van der Waals surface area contributed by atoms with E-state index in [1.54, 1.807) is 14.1 Å². The van der Waals surface area contributed by atoms with E-state index < -0.39 is 0 Å². The highest BCUT2D eigenvalue weighted by atomic mass is 16.2. The van der Waals surface area contributed by atoms with E-state index in [0.29, 0.717) is 18.9 Å². The lowest BCUT2D eigenvalue weighted by Gasteiger charge is -2.34. The molecule has 0 aromatic heterocycles. The Morgan fingerprint density at radius 1 is 1.17 bits per heavy atom. The predicted molar refractivity (Wildman–Crippen MR) is 117 cm³/mol. The lowest BCUT2D eigenvalue weighted by atomic mass is 9.93. The number of anilines is 1. The zero-order valence-electron chi connectivity index (χ0n) is 17.9. The third-order valence-corrected chi connectivity index (χ3v) is 4.96. The van der Waals surface area contributed by atoms with Crippen LogP contribution < -0.4 is 21.3 Å². The van der Waals surface area contributed by atoms with Crippen molar-refractivity contribution in [1.82, 2.24) is 20.9 Å². The van der Waals surface area contributed by atoms with Crippen LogP contribution in [-0.2, 0) is 11.3 Å². The van der Waals surface area contributed by atoms with Crippen LogP contribution in [0.4, 0.5) is 10.5 Å². The molecule has 0 radical (unpaired) electrons. The number of nitrogens with zero attached hydrogens (tertiary/aromatic N) is 2. The van der Waals surface area contributed by atoms with Gasteiger partial charge in [-0.05, 0) is 50.3 Å². The Morgan fingerprint density at radius 3 is 2.38 bits per heavy atom. The maximum atomic E-state index is 11.8. The van der Waals surface area contributed by atoms with E-state index in [-0.39, 0.29) is 18.0 Å². The van der Waals surface area contributed by atoms with Crippen molar-refractivity contribution in [2.45, 2.75) is 45.7 Å². The van der Waals surface area contributed by atoms with Gasteiger partial charge >= 0.3 is 6.03 Å². The predicted octanol–water partition coefficient (Wildman–Crippen LogP) is 2.14. The van der Waals surface area contributed by atoms with Gasteiger partial charge in [-0.3, -0.25) is 9.79 Å². The molecule has 1 aliphatic rings. The van der Waals surface area contributed by atoms with Gasteiger partial charge in [0.25, 0.3) is 0 Å². The lowest BCUT2D eigenvalue weighted by molar-refractivity contribution is -0.121. The maximum absolute atomic E-state index is 11.8. The number of hydrogen-bond acceptors (Lipinski definition) is 3. The summed E-state index contributed by atoms with van der Waals surface area (Å²) in [4.78, 5) is 30.0. The highest BCUT2D eigenvalue weighted by Crippen LogP contribution is 2.20. The first-order valence-corrected chi connectivity index (χ1v) is 10.2. The number of likely N-dealkylation sites (tertiary alicyclic amines) is 1. The molecule has 1 aromatic rings. The molecular weight excluding hydrogens is 368 g/mol. The summed E-state index contributed by atoms with van der Waals surface area (Å²) >= 11 is 0. The summed E-state index contributed by atoms with van der Waals surface area (Å²) in [6.45, 7) is 6.30. The summed E-state index contributed by atoms with van der Waals surface area (Å²) in [5.41, 5.74) is 1.87. The number of aliphatic imine (C=N–C) groups is 1. The largest absolute Gasteiger partial charge is 0.359 e. The molecule has 0 atom stereocenters. The van der Waals surface area contributed by atoms with E-state index in [4.69, 9.17) is 0 Å². The van der Waals surface area contributed by atoms with E-state index in [1.807, 2.05) is 38.1 Å². The summed E-state index contributed by atoms with van der Waals surface area (Å²) in [6, 6.07) is 7.65. The second kappa shape index (κ2) is 11.3. The Kier molecular flexibility index (Phi) is 8.76. The first-order chi connectivity index (χ1) is 13.9. The molecule has 1 saturated heterocycles. The SMILES string of the molecule is CN=C(NCc1ccc(NC(=O)NC(C)C)cc1)N1CCC(CC(=O)NC)CC1. The molecule has 1 aliphatic heterocycles. The maximum Gasteiger partial charge on any atom is 0.319 e. The monoisotopic (exact) mass is 402 g/mol. The number of carbonyl (C=O) groups excluding carboxylic acids is 2. The van der Waals surface area contributed by atoms with E-state index in [2.05, 4.69) is 31.2 Å². The summed E-state index contributed by atoms with van der Waals surface area (Å²) in [5.74, 6) is 1.43. The summed E-state index contributed by atoms with van der Waals surface area (Å²) in [5, 5.41) is 11.7. The van der Waals surface area contributed by atoms with Crippen molar-refractivity contribution in [2.24, 2.45) is 10.9 Å². The Balaban J connectivity index is 1.79. The molecular formula is C21H34N6O2. The van der Waals surface area contributed by atoms with E-state index in [0.717, 1.165) is 43.1 Å². The van der Waals surface area contributed by atoms with Gasteiger partial charge < -0.3 is 26.2 Å². The number of rotatable bonds is 6. The molecule has 1 aromatic carbocycles. The van der Waals surface area contributed by atoms with Crippen molar-refractivity contribution in [3.8, 4) is 0 Å². The highest BCUT2D eigenvalue weighted by Gasteiger charge is 2.22. The smallest absolute Gasteiger partial charge is 0.319 e. The van der Waals surface area contributed by atoms with Gasteiger partial charge in [0.1, 0.15) is 0 Å². The number of piperidine rings is 1. The van der Waals surface area contributed by atoms with Crippen LogP contribution in [0.2, 0.25) is 0 Å². The van der Waals surface area contributed by atoms with Crippen molar-refractivity contribution < 1.29 is 9.59 Å². The van der Waals surface area contributed by atoms with Gasteiger partial charge in [-0.15, -0.1) is 0 Å². The third-order valence-electron chi connectivity index (χ3n) is 4.96. The van der Waals surface area contributed by atoms with Crippen molar-refractivity contribution >= 4 is 23.6 Å². The number of hydrogen-bond donors (Lipinski definition) is 4. The average Bonchev–Trinajstić information content (AvgIpc) is 2.70. The van der Waals surface area contributed by atoms with Gasteiger partial charge in [0.05, 0.1) is 0 Å². The Bertz CT molecular complexity index is 694. The van der Waals surface area contributed by atoms with Gasteiger partial charge in [0.2, 0.25) is 5.91 Å². The quantitative estimate of drug-likeness (QED) is 0.433.